The fourth-order valence-corrected chi connectivity index (χ4v) is 3.37. The summed E-state index contributed by atoms with van der Waals surface area (Å²) in [5, 5.41) is 5.86. The molecule has 6 nitrogen and oxygen atoms in total. The Morgan fingerprint density at radius 1 is 1.07 bits per heavy atom. The average molecular weight is 377 g/mol. The molecule has 1 saturated carbocycles. The van der Waals surface area contributed by atoms with Crippen LogP contribution < -0.4 is 15.5 Å². The number of rotatable bonds is 5. The van der Waals surface area contributed by atoms with E-state index in [0.717, 1.165) is 24.1 Å². The lowest BCUT2D eigenvalue weighted by molar-refractivity contribution is -0.122. The Labute approximate surface area is 163 Å². The van der Waals surface area contributed by atoms with Crippen LogP contribution in [0.3, 0.4) is 0 Å². The molecule has 2 N–H and O–H groups in total. The lowest BCUT2D eigenvalue weighted by Gasteiger charge is -2.17. The van der Waals surface area contributed by atoms with Crippen LogP contribution in [-0.2, 0) is 9.59 Å². The molecule has 144 valence electrons. The van der Waals surface area contributed by atoms with Gasteiger partial charge in [-0.1, -0.05) is 24.3 Å². The van der Waals surface area contributed by atoms with Gasteiger partial charge in [0.15, 0.2) is 0 Å². The molecule has 2 aliphatic rings. The summed E-state index contributed by atoms with van der Waals surface area (Å²) in [6, 6.07) is 14.9. The zero-order chi connectivity index (χ0) is 19.7. The Morgan fingerprint density at radius 3 is 2.54 bits per heavy atom. The Balaban J connectivity index is 1.45. The summed E-state index contributed by atoms with van der Waals surface area (Å²) in [4.78, 5) is 39.0. The molecule has 0 radical (unpaired) electrons. The quantitative estimate of drug-likeness (QED) is 0.841. The second-order valence-corrected chi connectivity index (χ2v) is 7.51. The Bertz CT molecular complexity index is 922. The number of hydrogen-bond acceptors (Lipinski definition) is 3. The molecule has 1 aliphatic carbocycles. The second kappa shape index (κ2) is 7.46. The largest absolute Gasteiger partial charge is 0.349 e. The Hall–Kier alpha value is -3.15. The molecule has 6 heteroatoms. The summed E-state index contributed by atoms with van der Waals surface area (Å²) in [5.41, 5.74) is 2.82. The maximum absolute atomic E-state index is 12.8. The molecule has 4 rings (SSSR count). The minimum Gasteiger partial charge on any atom is -0.349 e. The minimum atomic E-state index is -0.420. The van der Waals surface area contributed by atoms with E-state index in [-0.39, 0.29) is 30.2 Å². The number of carbonyl (C=O) groups excluding carboxylic acids is 3. The van der Waals surface area contributed by atoms with E-state index in [2.05, 4.69) is 10.6 Å². The molecule has 2 fully saturated rings. The van der Waals surface area contributed by atoms with E-state index in [4.69, 9.17) is 0 Å². The number of nitrogens with zero attached hydrogens (tertiary/aromatic N) is 1. The molecule has 1 aliphatic heterocycles. The number of carbonyl (C=O) groups is 3. The van der Waals surface area contributed by atoms with Crippen LogP contribution in [0.2, 0.25) is 0 Å². The van der Waals surface area contributed by atoms with Gasteiger partial charge in [-0.05, 0) is 49.6 Å². The summed E-state index contributed by atoms with van der Waals surface area (Å²) in [5.74, 6) is -0.796. The zero-order valence-electron chi connectivity index (χ0n) is 15.8. The van der Waals surface area contributed by atoms with Crippen molar-refractivity contribution in [1.82, 2.24) is 5.32 Å². The first kappa shape index (κ1) is 18.2. The monoisotopic (exact) mass is 377 g/mol. The third-order valence-corrected chi connectivity index (χ3v) is 5.23. The van der Waals surface area contributed by atoms with Crippen LogP contribution in [0.5, 0.6) is 0 Å². The van der Waals surface area contributed by atoms with Crippen LogP contribution in [0.1, 0.15) is 35.2 Å². The molecule has 1 atom stereocenters. The molecule has 0 aromatic heterocycles. The predicted octanol–water partition coefficient (Wildman–Crippen LogP) is 2.88. The molecule has 0 spiro atoms. The van der Waals surface area contributed by atoms with Gasteiger partial charge < -0.3 is 15.5 Å². The van der Waals surface area contributed by atoms with Crippen molar-refractivity contribution < 1.29 is 14.4 Å². The smallest absolute Gasteiger partial charge is 0.251 e. The fourth-order valence-electron chi connectivity index (χ4n) is 3.37. The van der Waals surface area contributed by atoms with E-state index in [0.29, 0.717) is 17.8 Å². The molecule has 28 heavy (non-hydrogen) atoms. The van der Waals surface area contributed by atoms with Gasteiger partial charge in [-0.3, -0.25) is 14.4 Å². The van der Waals surface area contributed by atoms with Crippen LogP contribution in [-0.4, -0.2) is 30.3 Å². The highest BCUT2D eigenvalue weighted by Crippen LogP contribution is 2.27. The number of amides is 3. The Kier molecular flexibility index (Phi) is 4.86. The molecule has 1 saturated heterocycles. The number of nitrogens with one attached hydrogen (secondary N) is 2. The predicted molar refractivity (Wildman–Crippen MR) is 107 cm³/mol. The first-order valence-electron chi connectivity index (χ1n) is 9.59. The normalized spacial score (nSPS) is 18.8. The van der Waals surface area contributed by atoms with Crippen LogP contribution in [0.25, 0.3) is 0 Å². The van der Waals surface area contributed by atoms with Gasteiger partial charge in [0.05, 0.1) is 5.92 Å². The molecule has 2 aromatic carbocycles. The Morgan fingerprint density at radius 2 is 1.82 bits per heavy atom. The second-order valence-electron chi connectivity index (χ2n) is 7.51. The number of hydrogen-bond donors (Lipinski definition) is 2. The van der Waals surface area contributed by atoms with Gasteiger partial charge in [0.25, 0.3) is 5.91 Å². The van der Waals surface area contributed by atoms with Crippen molar-refractivity contribution in [1.29, 1.82) is 0 Å². The summed E-state index contributed by atoms with van der Waals surface area (Å²) >= 11 is 0. The zero-order valence-corrected chi connectivity index (χ0v) is 15.8. The average Bonchev–Trinajstić information content (AvgIpc) is 3.42. The first-order chi connectivity index (χ1) is 13.5. The van der Waals surface area contributed by atoms with Crippen molar-refractivity contribution in [3.8, 4) is 0 Å². The maximum atomic E-state index is 12.8. The van der Waals surface area contributed by atoms with Gasteiger partial charge in [-0.2, -0.15) is 0 Å². The van der Waals surface area contributed by atoms with Gasteiger partial charge in [-0.25, -0.2) is 0 Å². The standard InChI is InChI=1S/C22H23N3O3/c1-14-7-8-15(21(27)23-17-9-10-17)11-19(14)24-22(28)16-12-20(26)25(13-16)18-5-3-2-4-6-18/h2-8,11,16-17H,9-10,12-13H2,1H3,(H,23,27)(H,24,28). The highest BCUT2D eigenvalue weighted by atomic mass is 16.2. The van der Waals surface area contributed by atoms with Crippen molar-refractivity contribution in [2.45, 2.75) is 32.2 Å². The highest BCUT2D eigenvalue weighted by Gasteiger charge is 2.35. The van der Waals surface area contributed by atoms with Gasteiger partial charge in [0, 0.05) is 35.9 Å². The highest BCUT2D eigenvalue weighted by molar-refractivity contribution is 6.04. The fraction of sp³-hybridized carbons (Fsp3) is 0.318. The van der Waals surface area contributed by atoms with E-state index in [1.807, 2.05) is 43.3 Å². The maximum Gasteiger partial charge on any atom is 0.251 e. The van der Waals surface area contributed by atoms with E-state index in [9.17, 15) is 14.4 Å². The van der Waals surface area contributed by atoms with Crippen LogP contribution in [0.15, 0.2) is 48.5 Å². The molecular formula is C22H23N3O3. The summed E-state index contributed by atoms with van der Waals surface area (Å²) < 4.78 is 0. The van der Waals surface area contributed by atoms with E-state index >= 15 is 0 Å². The first-order valence-corrected chi connectivity index (χ1v) is 9.59. The van der Waals surface area contributed by atoms with Crippen molar-refractivity contribution >= 4 is 29.1 Å². The van der Waals surface area contributed by atoms with Crippen LogP contribution in [0.4, 0.5) is 11.4 Å². The lowest BCUT2D eigenvalue weighted by Crippen LogP contribution is -2.28. The topological polar surface area (TPSA) is 78.5 Å². The lowest BCUT2D eigenvalue weighted by atomic mass is 10.1. The van der Waals surface area contributed by atoms with E-state index in [1.54, 1.807) is 17.0 Å². The molecular weight excluding hydrogens is 354 g/mol. The molecule has 0 bridgehead atoms. The van der Waals surface area contributed by atoms with Crippen LogP contribution in [0, 0.1) is 12.8 Å². The molecule has 1 heterocycles. The third-order valence-electron chi connectivity index (χ3n) is 5.23. The number of anilines is 2. The molecule has 3 amide bonds. The van der Waals surface area contributed by atoms with Gasteiger partial charge in [-0.15, -0.1) is 0 Å². The van der Waals surface area contributed by atoms with Crippen molar-refractivity contribution in [3.05, 3.63) is 59.7 Å². The molecule has 2 aromatic rings. The van der Waals surface area contributed by atoms with Gasteiger partial charge in [0.1, 0.15) is 0 Å². The van der Waals surface area contributed by atoms with Gasteiger partial charge in [0.2, 0.25) is 11.8 Å². The minimum absolute atomic E-state index is 0.0550. The number of para-hydroxylation sites is 1. The summed E-state index contributed by atoms with van der Waals surface area (Å²) in [6.45, 7) is 2.24. The SMILES string of the molecule is Cc1ccc(C(=O)NC2CC2)cc1NC(=O)C1CC(=O)N(c2ccccc2)C1. The number of aryl methyl sites for hydroxylation is 1. The molecule has 1 unspecified atom stereocenters. The van der Waals surface area contributed by atoms with Crippen molar-refractivity contribution in [2.75, 3.05) is 16.8 Å². The van der Waals surface area contributed by atoms with Crippen LogP contribution >= 0.6 is 0 Å². The summed E-state index contributed by atoms with van der Waals surface area (Å²) in [7, 11) is 0. The van der Waals surface area contributed by atoms with Crippen molar-refractivity contribution in [3.63, 3.8) is 0 Å². The van der Waals surface area contributed by atoms with Crippen molar-refractivity contribution in [2.24, 2.45) is 5.92 Å². The van der Waals surface area contributed by atoms with Gasteiger partial charge >= 0.3 is 0 Å². The van der Waals surface area contributed by atoms with E-state index < -0.39 is 5.92 Å². The van der Waals surface area contributed by atoms with E-state index in [1.165, 1.54) is 0 Å². The third kappa shape index (κ3) is 3.91. The summed E-state index contributed by atoms with van der Waals surface area (Å²) in [6.07, 6.45) is 2.23. The number of benzene rings is 2.